The molecule has 1 aliphatic heterocycles. The number of rotatable bonds is 4. The van der Waals surface area contributed by atoms with E-state index in [1.807, 2.05) is 6.07 Å². The second-order valence-corrected chi connectivity index (χ2v) is 8.74. The summed E-state index contributed by atoms with van der Waals surface area (Å²) in [6, 6.07) is 7.80. The quantitative estimate of drug-likeness (QED) is 0.402. The van der Waals surface area contributed by atoms with Gasteiger partial charge in [0.15, 0.2) is 0 Å². The molecular formula is C23H16F4N4O3S. The van der Waals surface area contributed by atoms with E-state index in [0.717, 1.165) is 22.6 Å². The van der Waals surface area contributed by atoms with Crippen LogP contribution >= 0.6 is 11.3 Å². The number of pyridine rings is 1. The van der Waals surface area contributed by atoms with Crippen molar-refractivity contribution in [2.24, 2.45) is 0 Å². The van der Waals surface area contributed by atoms with Gasteiger partial charge in [-0.1, -0.05) is 6.07 Å². The summed E-state index contributed by atoms with van der Waals surface area (Å²) in [5.74, 6) is -2.55. The Morgan fingerprint density at radius 2 is 2.00 bits per heavy atom. The highest BCUT2D eigenvalue weighted by molar-refractivity contribution is 7.10. The van der Waals surface area contributed by atoms with Crippen molar-refractivity contribution in [2.75, 3.05) is 11.9 Å². The fourth-order valence-corrected chi connectivity index (χ4v) is 5.07. The van der Waals surface area contributed by atoms with Crippen molar-refractivity contribution in [3.63, 3.8) is 0 Å². The van der Waals surface area contributed by atoms with E-state index in [1.54, 1.807) is 33.0 Å². The lowest BCUT2D eigenvalue weighted by molar-refractivity contribution is -0.274. The maximum absolute atomic E-state index is 13.8. The number of fused-ring (bicyclic) bond motifs is 2. The molecule has 1 N–H and O–H groups in total. The number of hydrogen-bond acceptors (Lipinski definition) is 5. The molecular weight excluding hydrogens is 488 g/mol. The first-order valence-corrected chi connectivity index (χ1v) is 11.2. The number of amides is 2. The van der Waals surface area contributed by atoms with Gasteiger partial charge < -0.3 is 15.0 Å². The highest BCUT2D eigenvalue weighted by atomic mass is 32.1. The number of hydrogen-bond donors (Lipinski definition) is 1. The number of ether oxygens (including phenoxy) is 1. The lowest BCUT2D eigenvalue weighted by atomic mass is 10.0. The third-order valence-corrected chi connectivity index (χ3v) is 6.49. The molecule has 0 spiro atoms. The standard InChI is InChI=1S/C23H16F4N4O3S/c24-13-7-14(9-15(8-13)34-23(25,26)27)29-21(32)17-12-35-19-11-30(6-4-16(17)19)22(33)18-10-28-20-3-1-2-5-31(18)20/h1-3,5,7-10,12H,4,6,11H2,(H,29,32). The van der Waals surface area contributed by atoms with E-state index in [2.05, 4.69) is 15.0 Å². The molecule has 5 rings (SSSR count). The molecule has 3 aromatic heterocycles. The summed E-state index contributed by atoms with van der Waals surface area (Å²) in [6.45, 7) is 0.669. The van der Waals surface area contributed by atoms with Gasteiger partial charge in [-0.05, 0) is 30.2 Å². The minimum atomic E-state index is -4.99. The van der Waals surface area contributed by atoms with E-state index < -0.39 is 23.8 Å². The number of benzene rings is 1. The normalized spacial score (nSPS) is 13.5. The Morgan fingerprint density at radius 3 is 2.80 bits per heavy atom. The average molecular weight is 504 g/mol. The Labute approximate surface area is 199 Å². The monoisotopic (exact) mass is 504 g/mol. The number of thiophene rings is 1. The summed E-state index contributed by atoms with van der Waals surface area (Å²) in [5, 5.41) is 4.05. The number of nitrogens with one attached hydrogen (secondary N) is 1. The number of halogens is 4. The van der Waals surface area contributed by atoms with Gasteiger partial charge in [0, 0.05) is 40.8 Å². The number of alkyl halides is 3. The van der Waals surface area contributed by atoms with Crippen molar-refractivity contribution >= 4 is 34.5 Å². The minimum absolute atomic E-state index is 0.172. The molecule has 35 heavy (non-hydrogen) atoms. The fraction of sp³-hybridized carbons (Fsp3) is 0.174. The van der Waals surface area contributed by atoms with Gasteiger partial charge in [0.25, 0.3) is 11.8 Å². The van der Waals surface area contributed by atoms with E-state index in [0.29, 0.717) is 42.5 Å². The molecule has 7 nitrogen and oxygen atoms in total. The van der Waals surface area contributed by atoms with E-state index in [1.165, 1.54) is 17.5 Å². The van der Waals surface area contributed by atoms with Crippen LogP contribution < -0.4 is 10.1 Å². The summed E-state index contributed by atoms with van der Waals surface area (Å²) < 4.78 is 56.6. The predicted molar refractivity (Wildman–Crippen MR) is 119 cm³/mol. The van der Waals surface area contributed by atoms with E-state index in [-0.39, 0.29) is 11.6 Å². The largest absolute Gasteiger partial charge is 0.573 e. The second-order valence-electron chi connectivity index (χ2n) is 7.78. The molecule has 0 bridgehead atoms. The fourth-order valence-electron chi connectivity index (χ4n) is 3.97. The maximum atomic E-state index is 13.8. The zero-order chi connectivity index (χ0) is 24.7. The molecule has 0 atom stereocenters. The lowest BCUT2D eigenvalue weighted by Crippen LogP contribution is -2.36. The van der Waals surface area contributed by atoms with Crippen LogP contribution in [0, 0.1) is 5.82 Å². The van der Waals surface area contributed by atoms with Crippen LogP contribution in [0.4, 0.5) is 23.2 Å². The first-order chi connectivity index (χ1) is 16.7. The molecule has 0 saturated carbocycles. The molecule has 4 aromatic rings. The summed E-state index contributed by atoms with van der Waals surface area (Å²) in [4.78, 5) is 32.7. The number of carbonyl (C=O) groups excluding carboxylic acids is 2. The van der Waals surface area contributed by atoms with Crippen molar-refractivity contribution in [2.45, 2.75) is 19.3 Å². The van der Waals surface area contributed by atoms with Crippen molar-refractivity contribution < 1.29 is 31.9 Å². The summed E-state index contributed by atoms with van der Waals surface area (Å²) in [5.41, 5.74) is 1.99. The third-order valence-electron chi connectivity index (χ3n) is 5.48. The average Bonchev–Trinajstić information content (AvgIpc) is 3.41. The summed E-state index contributed by atoms with van der Waals surface area (Å²) in [6.07, 6.45) is -1.30. The van der Waals surface area contributed by atoms with Crippen molar-refractivity contribution in [1.29, 1.82) is 0 Å². The van der Waals surface area contributed by atoms with E-state index >= 15 is 0 Å². The van der Waals surface area contributed by atoms with Crippen molar-refractivity contribution in [3.8, 4) is 5.75 Å². The van der Waals surface area contributed by atoms with Gasteiger partial charge in [-0.2, -0.15) is 0 Å². The Kier molecular flexibility index (Phi) is 5.67. The number of carbonyl (C=O) groups is 2. The van der Waals surface area contributed by atoms with Gasteiger partial charge in [-0.15, -0.1) is 24.5 Å². The van der Waals surface area contributed by atoms with Crippen LogP contribution in [0.5, 0.6) is 5.75 Å². The van der Waals surface area contributed by atoms with Crippen molar-refractivity contribution in [1.82, 2.24) is 14.3 Å². The topological polar surface area (TPSA) is 75.9 Å². The molecule has 1 aliphatic rings. The molecule has 4 heterocycles. The molecule has 2 amide bonds. The summed E-state index contributed by atoms with van der Waals surface area (Å²) in [7, 11) is 0. The Balaban J connectivity index is 1.32. The molecule has 0 aliphatic carbocycles. The van der Waals surface area contributed by atoms with Gasteiger partial charge in [-0.3, -0.25) is 14.0 Å². The minimum Gasteiger partial charge on any atom is -0.406 e. The molecule has 0 radical (unpaired) electrons. The van der Waals surface area contributed by atoms with Crippen LogP contribution in [0.3, 0.4) is 0 Å². The highest BCUT2D eigenvalue weighted by Gasteiger charge is 2.32. The van der Waals surface area contributed by atoms with Gasteiger partial charge in [-0.25, -0.2) is 9.37 Å². The van der Waals surface area contributed by atoms with Crippen molar-refractivity contribution in [3.05, 3.63) is 81.7 Å². The zero-order valence-electron chi connectivity index (χ0n) is 17.8. The predicted octanol–water partition coefficient (Wildman–Crippen LogP) is 4.88. The van der Waals surface area contributed by atoms with Crippen LogP contribution in [-0.4, -0.2) is 39.0 Å². The number of anilines is 1. The van der Waals surface area contributed by atoms with Crippen LogP contribution in [-0.2, 0) is 13.0 Å². The Bertz CT molecular complexity index is 1450. The third kappa shape index (κ3) is 4.69. The number of imidazole rings is 1. The Hall–Kier alpha value is -3.93. The van der Waals surface area contributed by atoms with Gasteiger partial charge in [0.1, 0.15) is 22.9 Å². The van der Waals surface area contributed by atoms with Crippen LogP contribution in [0.1, 0.15) is 31.3 Å². The number of aromatic nitrogens is 2. The van der Waals surface area contributed by atoms with E-state index in [9.17, 15) is 27.2 Å². The molecule has 1 aromatic carbocycles. The molecule has 180 valence electrons. The second kappa shape index (κ2) is 8.69. The zero-order valence-corrected chi connectivity index (χ0v) is 18.6. The summed E-state index contributed by atoms with van der Waals surface area (Å²) >= 11 is 1.30. The first kappa shape index (κ1) is 22.8. The van der Waals surface area contributed by atoms with Gasteiger partial charge in [0.2, 0.25) is 0 Å². The SMILES string of the molecule is O=C(Nc1cc(F)cc(OC(F)(F)F)c1)c1csc2c1CCN(C(=O)c1cnc3ccccn13)C2. The first-order valence-electron chi connectivity index (χ1n) is 10.4. The molecule has 0 saturated heterocycles. The molecule has 0 unspecified atom stereocenters. The molecule has 0 fully saturated rings. The lowest BCUT2D eigenvalue weighted by Gasteiger charge is -2.27. The Morgan fingerprint density at radius 1 is 1.17 bits per heavy atom. The van der Waals surface area contributed by atoms with Crippen LogP contribution in [0.2, 0.25) is 0 Å². The maximum Gasteiger partial charge on any atom is 0.573 e. The smallest absolute Gasteiger partial charge is 0.406 e. The number of nitrogens with zero attached hydrogens (tertiary/aromatic N) is 3. The van der Waals surface area contributed by atoms with Crippen LogP contribution in [0.25, 0.3) is 5.65 Å². The van der Waals surface area contributed by atoms with E-state index in [4.69, 9.17) is 0 Å². The van der Waals surface area contributed by atoms with Gasteiger partial charge >= 0.3 is 6.36 Å². The highest BCUT2D eigenvalue weighted by Crippen LogP contribution is 2.31. The molecule has 12 heteroatoms. The van der Waals surface area contributed by atoms with Gasteiger partial charge in [0.05, 0.1) is 18.3 Å². The van der Waals surface area contributed by atoms with Crippen LogP contribution in [0.15, 0.2) is 54.2 Å².